The number of anilines is 1. The molecule has 0 saturated carbocycles. The number of hydrogen-bond acceptors (Lipinski definition) is 3. The van der Waals surface area contributed by atoms with E-state index in [2.05, 4.69) is 20.9 Å². The van der Waals surface area contributed by atoms with Crippen LogP contribution in [-0.2, 0) is 0 Å². The zero-order valence-corrected chi connectivity index (χ0v) is 11.9. The second-order valence-electron chi connectivity index (χ2n) is 4.18. The van der Waals surface area contributed by atoms with Crippen LogP contribution in [0.4, 0.5) is 5.69 Å². The second kappa shape index (κ2) is 4.59. The van der Waals surface area contributed by atoms with Crippen LogP contribution in [0.15, 0.2) is 47.2 Å². The van der Waals surface area contributed by atoms with Gasteiger partial charge in [-0.3, -0.25) is 4.40 Å². The SMILES string of the molecule is COc1cccc(-c2nc(Br)c3ccc(N)cn23)c1. The number of halogens is 1. The van der Waals surface area contributed by atoms with Gasteiger partial charge in [0.15, 0.2) is 0 Å². The second-order valence-corrected chi connectivity index (χ2v) is 4.93. The Bertz CT molecular complexity index is 752. The molecule has 0 amide bonds. The fourth-order valence-corrected chi connectivity index (χ4v) is 2.52. The number of imidazole rings is 1. The van der Waals surface area contributed by atoms with E-state index >= 15 is 0 Å². The quantitative estimate of drug-likeness (QED) is 0.788. The van der Waals surface area contributed by atoms with Crippen LogP contribution in [0.2, 0.25) is 0 Å². The number of fused-ring (bicyclic) bond motifs is 1. The Balaban J connectivity index is 2.26. The summed E-state index contributed by atoms with van der Waals surface area (Å²) in [7, 11) is 1.65. The fraction of sp³-hybridized carbons (Fsp3) is 0.0714. The van der Waals surface area contributed by atoms with Crippen molar-refractivity contribution in [2.45, 2.75) is 0 Å². The summed E-state index contributed by atoms with van der Waals surface area (Å²) in [6.45, 7) is 0. The number of nitrogens with zero attached hydrogens (tertiary/aromatic N) is 2. The number of ether oxygens (including phenoxy) is 1. The zero-order valence-electron chi connectivity index (χ0n) is 10.3. The number of nitrogens with two attached hydrogens (primary N) is 1. The van der Waals surface area contributed by atoms with Gasteiger partial charge in [-0.1, -0.05) is 12.1 Å². The van der Waals surface area contributed by atoms with E-state index < -0.39 is 0 Å². The Kier molecular flexibility index (Phi) is 2.91. The van der Waals surface area contributed by atoms with Crippen molar-refractivity contribution in [1.82, 2.24) is 9.38 Å². The van der Waals surface area contributed by atoms with Crippen molar-refractivity contribution in [2.24, 2.45) is 0 Å². The van der Waals surface area contributed by atoms with Crippen molar-refractivity contribution in [3.8, 4) is 17.1 Å². The molecule has 0 fully saturated rings. The van der Waals surface area contributed by atoms with Crippen LogP contribution in [0.3, 0.4) is 0 Å². The van der Waals surface area contributed by atoms with Crippen LogP contribution >= 0.6 is 15.9 Å². The summed E-state index contributed by atoms with van der Waals surface area (Å²) >= 11 is 3.47. The van der Waals surface area contributed by atoms with Crippen molar-refractivity contribution in [3.05, 3.63) is 47.2 Å². The Morgan fingerprint density at radius 1 is 1.26 bits per heavy atom. The van der Waals surface area contributed by atoms with E-state index in [0.717, 1.165) is 27.3 Å². The lowest BCUT2D eigenvalue weighted by Crippen LogP contribution is -1.93. The van der Waals surface area contributed by atoms with E-state index in [0.29, 0.717) is 5.69 Å². The molecule has 0 bridgehead atoms. The molecule has 0 radical (unpaired) electrons. The minimum absolute atomic E-state index is 0.696. The van der Waals surface area contributed by atoms with Crippen molar-refractivity contribution in [3.63, 3.8) is 0 Å². The summed E-state index contributed by atoms with van der Waals surface area (Å²) in [5, 5.41) is 0. The van der Waals surface area contributed by atoms with Gasteiger partial charge in [0.25, 0.3) is 0 Å². The Morgan fingerprint density at radius 2 is 2.11 bits per heavy atom. The molecule has 4 nitrogen and oxygen atoms in total. The van der Waals surface area contributed by atoms with Gasteiger partial charge in [0.1, 0.15) is 16.2 Å². The molecule has 1 aromatic carbocycles. The molecule has 3 aromatic rings. The summed E-state index contributed by atoms with van der Waals surface area (Å²) in [6.07, 6.45) is 1.86. The van der Waals surface area contributed by atoms with E-state index in [1.807, 2.05) is 47.0 Å². The molecule has 19 heavy (non-hydrogen) atoms. The molecule has 0 spiro atoms. The molecule has 0 aliphatic rings. The van der Waals surface area contributed by atoms with E-state index in [1.54, 1.807) is 7.11 Å². The minimum Gasteiger partial charge on any atom is -0.497 e. The number of methoxy groups -OCH3 is 1. The molecule has 3 rings (SSSR count). The van der Waals surface area contributed by atoms with Crippen molar-refractivity contribution in [2.75, 3.05) is 12.8 Å². The molecule has 0 saturated heterocycles. The Labute approximate surface area is 119 Å². The fourth-order valence-electron chi connectivity index (χ4n) is 2.03. The number of hydrogen-bond donors (Lipinski definition) is 1. The van der Waals surface area contributed by atoms with Gasteiger partial charge in [0.05, 0.1) is 12.6 Å². The lowest BCUT2D eigenvalue weighted by atomic mass is 10.2. The maximum Gasteiger partial charge on any atom is 0.146 e. The Hall–Kier alpha value is -2.01. The zero-order chi connectivity index (χ0) is 13.4. The van der Waals surface area contributed by atoms with Gasteiger partial charge in [-0.05, 0) is 40.2 Å². The third-order valence-corrected chi connectivity index (χ3v) is 3.53. The van der Waals surface area contributed by atoms with Gasteiger partial charge in [-0.15, -0.1) is 0 Å². The smallest absolute Gasteiger partial charge is 0.146 e. The molecule has 5 heteroatoms. The molecule has 2 aromatic heterocycles. The molecule has 2 N–H and O–H groups in total. The number of benzene rings is 1. The summed E-state index contributed by atoms with van der Waals surface area (Å²) in [5.41, 5.74) is 8.50. The molecule has 0 aliphatic carbocycles. The monoisotopic (exact) mass is 317 g/mol. The molecular weight excluding hydrogens is 306 g/mol. The molecule has 96 valence electrons. The van der Waals surface area contributed by atoms with Crippen molar-refractivity contribution in [1.29, 1.82) is 0 Å². The minimum atomic E-state index is 0.696. The largest absolute Gasteiger partial charge is 0.497 e. The van der Waals surface area contributed by atoms with Gasteiger partial charge in [-0.25, -0.2) is 4.98 Å². The number of nitrogen functional groups attached to an aromatic ring is 1. The maximum absolute atomic E-state index is 5.85. The molecular formula is C14H12BrN3O. The average molecular weight is 318 g/mol. The third kappa shape index (κ3) is 2.06. The van der Waals surface area contributed by atoms with Crippen LogP contribution in [0, 0.1) is 0 Å². The first kappa shape index (κ1) is 12.0. The van der Waals surface area contributed by atoms with Crippen LogP contribution in [0.1, 0.15) is 0 Å². The first-order chi connectivity index (χ1) is 9.19. The van der Waals surface area contributed by atoms with Gasteiger partial charge >= 0.3 is 0 Å². The summed E-state index contributed by atoms with van der Waals surface area (Å²) in [6, 6.07) is 11.6. The number of rotatable bonds is 2. The molecule has 2 heterocycles. The topological polar surface area (TPSA) is 52.5 Å². The number of aromatic nitrogens is 2. The lowest BCUT2D eigenvalue weighted by Gasteiger charge is -2.04. The van der Waals surface area contributed by atoms with E-state index in [1.165, 1.54) is 0 Å². The first-order valence-corrected chi connectivity index (χ1v) is 6.56. The van der Waals surface area contributed by atoms with E-state index in [4.69, 9.17) is 10.5 Å². The van der Waals surface area contributed by atoms with Gasteiger partial charge in [0, 0.05) is 17.4 Å². The Morgan fingerprint density at radius 3 is 2.89 bits per heavy atom. The van der Waals surface area contributed by atoms with Crippen LogP contribution in [-0.4, -0.2) is 16.5 Å². The van der Waals surface area contributed by atoms with E-state index in [9.17, 15) is 0 Å². The highest BCUT2D eigenvalue weighted by molar-refractivity contribution is 9.10. The van der Waals surface area contributed by atoms with Crippen LogP contribution in [0.5, 0.6) is 5.75 Å². The predicted molar refractivity (Wildman–Crippen MR) is 79.3 cm³/mol. The average Bonchev–Trinajstić information content (AvgIpc) is 2.75. The highest BCUT2D eigenvalue weighted by Crippen LogP contribution is 2.28. The lowest BCUT2D eigenvalue weighted by molar-refractivity contribution is 0.415. The van der Waals surface area contributed by atoms with Gasteiger partial charge in [0.2, 0.25) is 0 Å². The summed E-state index contributed by atoms with van der Waals surface area (Å²) in [4.78, 5) is 4.55. The summed E-state index contributed by atoms with van der Waals surface area (Å²) < 4.78 is 8.01. The summed E-state index contributed by atoms with van der Waals surface area (Å²) in [5.74, 6) is 1.63. The van der Waals surface area contributed by atoms with E-state index in [-0.39, 0.29) is 0 Å². The highest BCUT2D eigenvalue weighted by atomic mass is 79.9. The van der Waals surface area contributed by atoms with Crippen LogP contribution < -0.4 is 10.5 Å². The molecule has 0 atom stereocenters. The normalized spacial score (nSPS) is 10.8. The highest BCUT2D eigenvalue weighted by Gasteiger charge is 2.11. The first-order valence-electron chi connectivity index (χ1n) is 5.76. The molecule has 0 unspecified atom stereocenters. The van der Waals surface area contributed by atoms with Gasteiger partial charge in [-0.2, -0.15) is 0 Å². The predicted octanol–water partition coefficient (Wildman–Crippen LogP) is 3.35. The van der Waals surface area contributed by atoms with Crippen molar-refractivity contribution >= 4 is 27.1 Å². The standard InChI is InChI=1S/C14H12BrN3O/c1-19-11-4-2-3-9(7-11)14-17-13(15)12-6-5-10(16)8-18(12)14/h2-8H,16H2,1H3. The van der Waals surface area contributed by atoms with Gasteiger partial charge < -0.3 is 10.5 Å². The van der Waals surface area contributed by atoms with Crippen LogP contribution in [0.25, 0.3) is 16.9 Å². The van der Waals surface area contributed by atoms with Crippen molar-refractivity contribution < 1.29 is 4.74 Å². The third-order valence-electron chi connectivity index (χ3n) is 2.94. The molecule has 0 aliphatic heterocycles. The maximum atomic E-state index is 5.85. The number of pyridine rings is 1.